The SMILES string of the molecule is c1ccc2ncc(-c3ccc(-c4ccc(-c5cc6ccc7cccc8c9cccc%10ccc%11cccc(c(c5)c6c78)c%11c%109)cc4)nc3)cc2c1. The molecule has 0 unspecified atom stereocenters. The summed E-state index contributed by atoms with van der Waals surface area (Å²) in [6.07, 6.45) is 3.88. The topological polar surface area (TPSA) is 25.8 Å². The van der Waals surface area contributed by atoms with E-state index in [9.17, 15) is 0 Å². The Balaban J connectivity index is 1.08. The fourth-order valence-corrected chi connectivity index (χ4v) is 8.25. The van der Waals surface area contributed by atoms with Gasteiger partial charge in [0.1, 0.15) is 0 Å². The van der Waals surface area contributed by atoms with Crippen molar-refractivity contribution in [3.63, 3.8) is 0 Å². The highest BCUT2D eigenvalue weighted by molar-refractivity contribution is 6.37. The molecule has 0 fully saturated rings. The van der Waals surface area contributed by atoms with Gasteiger partial charge in [0.25, 0.3) is 0 Å². The van der Waals surface area contributed by atoms with Gasteiger partial charge in [-0.15, -0.1) is 0 Å². The predicted molar refractivity (Wildman–Crippen MR) is 212 cm³/mol. The summed E-state index contributed by atoms with van der Waals surface area (Å²) in [5.74, 6) is 0. The first-order chi connectivity index (χ1) is 24.8. The van der Waals surface area contributed by atoms with Crippen LogP contribution >= 0.6 is 0 Å². The van der Waals surface area contributed by atoms with E-state index in [4.69, 9.17) is 4.98 Å². The number of para-hydroxylation sites is 1. The fraction of sp³-hybridized carbons (Fsp3) is 0. The molecule has 2 aromatic heterocycles. The van der Waals surface area contributed by atoms with Crippen molar-refractivity contribution in [1.82, 2.24) is 9.97 Å². The van der Waals surface area contributed by atoms with E-state index in [1.807, 2.05) is 30.6 Å². The Bertz CT molecular complexity index is 3120. The lowest BCUT2D eigenvalue weighted by molar-refractivity contribution is 1.32. The van der Waals surface area contributed by atoms with E-state index in [0.29, 0.717) is 0 Å². The first-order valence-corrected chi connectivity index (χ1v) is 17.1. The molecular formula is C48H28N2. The summed E-state index contributed by atoms with van der Waals surface area (Å²) < 4.78 is 0. The zero-order valence-electron chi connectivity index (χ0n) is 27.1. The third-order valence-corrected chi connectivity index (χ3v) is 10.6. The van der Waals surface area contributed by atoms with Crippen LogP contribution in [0.25, 0.3) is 109 Å². The molecule has 2 heterocycles. The van der Waals surface area contributed by atoms with Crippen LogP contribution in [0.5, 0.6) is 0 Å². The van der Waals surface area contributed by atoms with Crippen LogP contribution in [0.15, 0.2) is 170 Å². The molecular weight excluding hydrogens is 605 g/mol. The Morgan fingerprint density at radius 1 is 0.280 bits per heavy atom. The lowest BCUT2D eigenvalue weighted by atomic mass is 9.86. The minimum atomic E-state index is 0.952. The maximum atomic E-state index is 4.86. The quantitative estimate of drug-likeness (QED) is 0.181. The highest BCUT2D eigenvalue weighted by atomic mass is 14.7. The predicted octanol–water partition coefficient (Wildman–Crippen LogP) is 13.0. The smallest absolute Gasteiger partial charge is 0.0702 e. The number of nitrogens with zero attached hydrogens (tertiary/aromatic N) is 2. The minimum Gasteiger partial charge on any atom is -0.256 e. The number of benzene rings is 8. The van der Waals surface area contributed by atoms with E-state index >= 15 is 0 Å². The monoisotopic (exact) mass is 632 g/mol. The summed E-state index contributed by atoms with van der Waals surface area (Å²) in [6.45, 7) is 0. The molecule has 0 N–H and O–H groups in total. The normalized spacial score (nSPS) is 12.0. The molecule has 0 aliphatic heterocycles. The number of hydrogen-bond donors (Lipinski definition) is 0. The number of hydrogen-bond acceptors (Lipinski definition) is 2. The van der Waals surface area contributed by atoms with Crippen molar-refractivity contribution in [2.24, 2.45) is 0 Å². The lowest BCUT2D eigenvalue weighted by Gasteiger charge is -2.17. The zero-order chi connectivity index (χ0) is 32.8. The second-order valence-corrected chi connectivity index (χ2v) is 13.4. The van der Waals surface area contributed by atoms with Crippen LogP contribution in [0.1, 0.15) is 0 Å². The van der Waals surface area contributed by atoms with Crippen molar-refractivity contribution in [3.05, 3.63) is 170 Å². The van der Waals surface area contributed by atoms with E-state index in [0.717, 1.165) is 33.3 Å². The van der Waals surface area contributed by atoms with Crippen molar-refractivity contribution >= 4 is 75.5 Å². The molecule has 0 bridgehead atoms. The molecule has 50 heavy (non-hydrogen) atoms. The first kappa shape index (κ1) is 27.3. The van der Waals surface area contributed by atoms with Crippen LogP contribution in [-0.2, 0) is 0 Å². The molecule has 0 spiro atoms. The van der Waals surface area contributed by atoms with E-state index in [-0.39, 0.29) is 0 Å². The standard InChI is InChI=1S/C48H28N2/c1-2-13-43-34(6-1)24-38(28-50-43)36-22-23-44(49-27-36)30-16-14-29(15-17-30)37-25-35-21-20-33-8-4-11-40-39-10-3-7-31-18-19-32-9-5-12-41(47(32)45(31)39)42(26-37)48(35)46(33)40/h1-28H. The highest BCUT2D eigenvalue weighted by Crippen LogP contribution is 2.44. The van der Waals surface area contributed by atoms with Crippen LogP contribution in [0.3, 0.4) is 0 Å². The minimum absolute atomic E-state index is 0.952. The van der Waals surface area contributed by atoms with Crippen molar-refractivity contribution in [1.29, 1.82) is 0 Å². The average Bonchev–Trinajstić information content (AvgIpc) is 3.19. The van der Waals surface area contributed by atoms with Gasteiger partial charge in [0.2, 0.25) is 0 Å². The van der Waals surface area contributed by atoms with Gasteiger partial charge in [0.05, 0.1) is 11.2 Å². The van der Waals surface area contributed by atoms with Gasteiger partial charge in [-0.25, -0.2) is 0 Å². The van der Waals surface area contributed by atoms with Gasteiger partial charge >= 0.3 is 0 Å². The second-order valence-electron chi connectivity index (χ2n) is 13.4. The third kappa shape index (κ3) is 4.03. The maximum Gasteiger partial charge on any atom is 0.0702 e. The number of rotatable bonds is 3. The van der Waals surface area contributed by atoms with Crippen LogP contribution in [0, 0.1) is 0 Å². The van der Waals surface area contributed by atoms with E-state index in [1.54, 1.807) is 0 Å². The number of pyridine rings is 2. The average molecular weight is 633 g/mol. The van der Waals surface area contributed by atoms with Gasteiger partial charge in [-0.05, 0) is 106 Å². The molecule has 230 valence electrons. The van der Waals surface area contributed by atoms with Crippen LogP contribution in [-0.4, -0.2) is 9.97 Å². The van der Waals surface area contributed by atoms with E-state index < -0.39 is 0 Å². The second kappa shape index (κ2) is 10.4. The van der Waals surface area contributed by atoms with Crippen molar-refractivity contribution in [2.75, 3.05) is 0 Å². The van der Waals surface area contributed by atoms with Gasteiger partial charge < -0.3 is 0 Å². The molecule has 9 aromatic carbocycles. The molecule has 0 radical (unpaired) electrons. The number of fused-ring (bicyclic) bond motifs is 3. The molecule has 0 aliphatic rings. The summed E-state index contributed by atoms with van der Waals surface area (Å²) >= 11 is 0. The van der Waals surface area contributed by atoms with Gasteiger partial charge in [0.15, 0.2) is 0 Å². The van der Waals surface area contributed by atoms with Crippen LogP contribution < -0.4 is 0 Å². The zero-order valence-corrected chi connectivity index (χ0v) is 27.1. The van der Waals surface area contributed by atoms with Crippen LogP contribution in [0.2, 0.25) is 0 Å². The van der Waals surface area contributed by atoms with Crippen molar-refractivity contribution in [2.45, 2.75) is 0 Å². The first-order valence-electron chi connectivity index (χ1n) is 17.1. The summed E-state index contributed by atoms with van der Waals surface area (Å²) in [7, 11) is 0. The number of aromatic nitrogens is 2. The highest BCUT2D eigenvalue weighted by Gasteiger charge is 2.16. The van der Waals surface area contributed by atoms with E-state index in [2.05, 4.69) is 145 Å². The summed E-state index contributed by atoms with van der Waals surface area (Å²) in [5, 5.41) is 16.7. The third-order valence-electron chi connectivity index (χ3n) is 10.6. The van der Waals surface area contributed by atoms with Gasteiger partial charge in [-0.1, -0.05) is 127 Å². The van der Waals surface area contributed by atoms with Crippen molar-refractivity contribution < 1.29 is 0 Å². The summed E-state index contributed by atoms with van der Waals surface area (Å²) in [6, 6.07) is 57.7. The Labute approximate surface area is 288 Å². The van der Waals surface area contributed by atoms with Crippen molar-refractivity contribution in [3.8, 4) is 33.5 Å². The molecule has 2 nitrogen and oxygen atoms in total. The van der Waals surface area contributed by atoms with Gasteiger partial charge in [-0.3, -0.25) is 9.97 Å². The van der Waals surface area contributed by atoms with E-state index in [1.165, 1.54) is 75.8 Å². The summed E-state index contributed by atoms with van der Waals surface area (Å²) in [5.41, 5.74) is 7.57. The summed E-state index contributed by atoms with van der Waals surface area (Å²) in [4.78, 5) is 9.50. The molecule has 0 aliphatic carbocycles. The lowest BCUT2D eigenvalue weighted by Crippen LogP contribution is -1.89. The van der Waals surface area contributed by atoms with Crippen LogP contribution in [0.4, 0.5) is 0 Å². The van der Waals surface area contributed by atoms with Gasteiger partial charge in [0, 0.05) is 34.5 Å². The molecule has 2 heteroatoms. The Hall–Kier alpha value is -6.64. The molecule has 0 atom stereocenters. The fourth-order valence-electron chi connectivity index (χ4n) is 8.25. The van der Waals surface area contributed by atoms with Gasteiger partial charge in [-0.2, -0.15) is 0 Å². The molecule has 11 aromatic rings. The molecule has 0 amide bonds. The Morgan fingerprint density at radius 2 is 0.800 bits per heavy atom. The maximum absolute atomic E-state index is 4.86. The molecule has 11 rings (SSSR count). The molecule has 0 saturated carbocycles. The molecule has 0 saturated heterocycles. The Kier molecular flexibility index (Phi) is 5.70. The largest absolute Gasteiger partial charge is 0.256 e. The Morgan fingerprint density at radius 3 is 1.46 bits per heavy atom.